The van der Waals surface area contributed by atoms with Crippen molar-refractivity contribution < 1.29 is 9.18 Å². The number of halogens is 1. The number of anilines is 1. The lowest BCUT2D eigenvalue weighted by atomic mass is 10.2. The van der Waals surface area contributed by atoms with E-state index in [-0.39, 0.29) is 11.7 Å². The summed E-state index contributed by atoms with van der Waals surface area (Å²) < 4.78 is 13.1. The van der Waals surface area contributed by atoms with Crippen LogP contribution in [0.3, 0.4) is 0 Å². The Morgan fingerprint density at radius 3 is 3.12 bits per heavy atom. The second-order valence-electron chi connectivity index (χ2n) is 3.83. The highest BCUT2D eigenvalue weighted by molar-refractivity contribution is 5.76. The third-order valence-corrected chi connectivity index (χ3v) is 2.81. The molecular weight excluding hydrogens is 209 g/mol. The number of amides is 1. The molecule has 0 aromatic heterocycles. The van der Waals surface area contributed by atoms with Gasteiger partial charge in [-0.25, -0.2) is 10.2 Å². The van der Waals surface area contributed by atoms with E-state index in [2.05, 4.69) is 5.43 Å². The first kappa shape index (κ1) is 10.9. The Bertz CT molecular complexity index is 408. The van der Waals surface area contributed by atoms with Gasteiger partial charge in [-0.2, -0.15) is 0 Å². The van der Waals surface area contributed by atoms with E-state index >= 15 is 0 Å². The lowest BCUT2D eigenvalue weighted by molar-refractivity contribution is -0.120. The van der Waals surface area contributed by atoms with Crippen LogP contribution in [-0.2, 0) is 11.2 Å². The maximum Gasteiger partial charge on any atom is 0.235 e. The fourth-order valence-electron chi connectivity index (χ4n) is 1.96. The average Bonchev–Trinajstić information content (AvgIpc) is 2.68. The Hall–Kier alpha value is -1.62. The highest BCUT2D eigenvalue weighted by atomic mass is 19.1. The molecule has 1 heterocycles. The summed E-state index contributed by atoms with van der Waals surface area (Å²) in [7, 11) is 0. The van der Waals surface area contributed by atoms with Gasteiger partial charge in [0, 0.05) is 25.2 Å². The quantitative estimate of drug-likeness (QED) is 0.447. The normalized spacial score (nSPS) is 13.8. The Labute approximate surface area is 93.2 Å². The predicted molar refractivity (Wildman–Crippen MR) is 59.3 cm³/mol. The van der Waals surface area contributed by atoms with E-state index in [1.165, 1.54) is 12.1 Å². The van der Waals surface area contributed by atoms with Crippen molar-refractivity contribution in [2.75, 3.05) is 18.0 Å². The first-order valence-corrected chi connectivity index (χ1v) is 5.23. The van der Waals surface area contributed by atoms with Crippen LogP contribution in [0.1, 0.15) is 12.0 Å². The fraction of sp³-hybridized carbons (Fsp3) is 0.364. The van der Waals surface area contributed by atoms with E-state index in [1.807, 2.05) is 4.90 Å². The van der Waals surface area contributed by atoms with E-state index in [1.54, 1.807) is 6.07 Å². The molecule has 1 aliphatic rings. The monoisotopic (exact) mass is 223 g/mol. The Morgan fingerprint density at radius 1 is 1.56 bits per heavy atom. The fourth-order valence-corrected chi connectivity index (χ4v) is 1.96. The number of carbonyl (C=O) groups is 1. The highest BCUT2D eigenvalue weighted by Crippen LogP contribution is 2.28. The Balaban J connectivity index is 2.05. The number of hydrogen-bond acceptors (Lipinski definition) is 3. The van der Waals surface area contributed by atoms with E-state index in [0.717, 1.165) is 24.2 Å². The molecule has 0 aliphatic carbocycles. The molecule has 0 fully saturated rings. The lowest BCUT2D eigenvalue weighted by Gasteiger charge is -2.18. The molecule has 2 rings (SSSR count). The van der Waals surface area contributed by atoms with E-state index < -0.39 is 0 Å². The predicted octanol–water partition coefficient (Wildman–Crippen LogP) is 0.568. The second-order valence-corrected chi connectivity index (χ2v) is 3.83. The van der Waals surface area contributed by atoms with Crippen molar-refractivity contribution in [3.05, 3.63) is 29.6 Å². The third-order valence-electron chi connectivity index (χ3n) is 2.81. The van der Waals surface area contributed by atoms with Crippen LogP contribution in [0.25, 0.3) is 0 Å². The van der Waals surface area contributed by atoms with Crippen molar-refractivity contribution in [3.8, 4) is 0 Å². The minimum Gasteiger partial charge on any atom is -0.370 e. The molecule has 0 radical (unpaired) electrons. The number of nitrogens with zero attached hydrogens (tertiary/aromatic N) is 1. The van der Waals surface area contributed by atoms with Gasteiger partial charge in [0.05, 0.1) is 0 Å². The Morgan fingerprint density at radius 2 is 2.38 bits per heavy atom. The standard InChI is InChI=1S/C11H14FN3O/c12-9-2-1-8-3-5-15(10(8)7-9)6-4-11(16)14-13/h1-2,7H,3-6,13H2,(H,14,16). The molecule has 86 valence electrons. The van der Waals surface area contributed by atoms with Gasteiger partial charge in [0.15, 0.2) is 0 Å². The molecule has 5 heteroatoms. The summed E-state index contributed by atoms with van der Waals surface area (Å²) in [4.78, 5) is 13.0. The van der Waals surface area contributed by atoms with Gasteiger partial charge in [-0.05, 0) is 24.1 Å². The van der Waals surface area contributed by atoms with Crippen LogP contribution in [0.5, 0.6) is 0 Å². The number of fused-ring (bicyclic) bond motifs is 1. The molecule has 4 nitrogen and oxygen atoms in total. The lowest BCUT2D eigenvalue weighted by Crippen LogP contribution is -2.33. The zero-order chi connectivity index (χ0) is 11.5. The van der Waals surface area contributed by atoms with Gasteiger partial charge in [0.1, 0.15) is 5.82 Å². The van der Waals surface area contributed by atoms with Crippen LogP contribution in [0.2, 0.25) is 0 Å². The number of carbonyl (C=O) groups excluding carboxylic acids is 1. The summed E-state index contributed by atoms with van der Waals surface area (Å²) in [6, 6.07) is 4.78. The van der Waals surface area contributed by atoms with E-state index in [9.17, 15) is 9.18 Å². The summed E-state index contributed by atoms with van der Waals surface area (Å²) in [6.07, 6.45) is 1.23. The zero-order valence-corrected chi connectivity index (χ0v) is 8.87. The van der Waals surface area contributed by atoms with Gasteiger partial charge in [-0.15, -0.1) is 0 Å². The molecule has 3 N–H and O–H groups in total. The van der Waals surface area contributed by atoms with Crippen LogP contribution in [0, 0.1) is 5.82 Å². The minimum absolute atomic E-state index is 0.204. The Kier molecular flexibility index (Phi) is 3.05. The average molecular weight is 223 g/mol. The largest absolute Gasteiger partial charge is 0.370 e. The van der Waals surface area contributed by atoms with Gasteiger partial charge >= 0.3 is 0 Å². The second kappa shape index (κ2) is 4.49. The van der Waals surface area contributed by atoms with Crippen molar-refractivity contribution in [3.63, 3.8) is 0 Å². The number of nitrogens with one attached hydrogen (secondary N) is 1. The number of rotatable bonds is 3. The third kappa shape index (κ3) is 2.14. The number of hydrazine groups is 1. The van der Waals surface area contributed by atoms with Crippen molar-refractivity contribution in [1.82, 2.24) is 5.43 Å². The zero-order valence-electron chi connectivity index (χ0n) is 8.87. The topological polar surface area (TPSA) is 58.4 Å². The molecule has 16 heavy (non-hydrogen) atoms. The maximum absolute atomic E-state index is 13.1. The first-order valence-electron chi connectivity index (χ1n) is 5.23. The van der Waals surface area contributed by atoms with Gasteiger partial charge < -0.3 is 4.90 Å². The van der Waals surface area contributed by atoms with Gasteiger partial charge in [-0.1, -0.05) is 6.07 Å². The van der Waals surface area contributed by atoms with Crippen LogP contribution in [-0.4, -0.2) is 19.0 Å². The number of benzene rings is 1. The summed E-state index contributed by atoms with van der Waals surface area (Å²) in [5.74, 6) is 4.55. The minimum atomic E-state index is -0.242. The molecule has 1 aromatic carbocycles. The van der Waals surface area contributed by atoms with Crippen molar-refractivity contribution in [2.24, 2.45) is 5.84 Å². The number of nitrogens with two attached hydrogens (primary N) is 1. The van der Waals surface area contributed by atoms with Gasteiger partial charge in [-0.3, -0.25) is 10.2 Å². The van der Waals surface area contributed by atoms with E-state index in [0.29, 0.717) is 13.0 Å². The summed E-state index contributed by atoms with van der Waals surface area (Å²) in [6.45, 7) is 1.40. The SMILES string of the molecule is NNC(=O)CCN1CCc2ccc(F)cc21. The molecule has 0 saturated carbocycles. The highest BCUT2D eigenvalue weighted by Gasteiger charge is 2.19. The van der Waals surface area contributed by atoms with Crippen LogP contribution in [0.15, 0.2) is 18.2 Å². The van der Waals surface area contributed by atoms with Crippen LogP contribution in [0.4, 0.5) is 10.1 Å². The van der Waals surface area contributed by atoms with Gasteiger partial charge in [0.25, 0.3) is 0 Å². The van der Waals surface area contributed by atoms with E-state index in [4.69, 9.17) is 5.84 Å². The molecule has 0 spiro atoms. The molecule has 1 aromatic rings. The molecule has 0 unspecified atom stereocenters. The van der Waals surface area contributed by atoms with Crippen molar-refractivity contribution in [1.29, 1.82) is 0 Å². The molecule has 0 bridgehead atoms. The molecule has 1 aliphatic heterocycles. The molecule has 0 saturated heterocycles. The smallest absolute Gasteiger partial charge is 0.235 e. The van der Waals surface area contributed by atoms with Crippen molar-refractivity contribution in [2.45, 2.75) is 12.8 Å². The first-order chi connectivity index (χ1) is 7.70. The molecule has 0 atom stereocenters. The van der Waals surface area contributed by atoms with Crippen LogP contribution < -0.4 is 16.2 Å². The maximum atomic E-state index is 13.1. The molecular formula is C11H14FN3O. The summed E-state index contributed by atoms with van der Waals surface area (Å²) >= 11 is 0. The van der Waals surface area contributed by atoms with Crippen molar-refractivity contribution >= 4 is 11.6 Å². The van der Waals surface area contributed by atoms with Crippen LogP contribution >= 0.6 is 0 Å². The number of hydrogen-bond donors (Lipinski definition) is 2. The molecule has 1 amide bonds. The van der Waals surface area contributed by atoms with Gasteiger partial charge in [0.2, 0.25) is 5.91 Å². The summed E-state index contributed by atoms with van der Waals surface area (Å²) in [5, 5.41) is 0. The summed E-state index contributed by atoms with van der Waals surface area (Å²) in [5.41, 5.74) is 4.11.